The van der Waals surface area contributed by atoms with Crippen LogP contribution in [0.1, 0.15) is 18.1 Å². The van der Waals surface area contributed by atoms with Crippen molar-refractivity contribution in [3.8, 4) is 0 Å². The lowest BCUT2D eigenvalue weighted by molar-refractivity contribution is 1.19. The lowest BCUT2D eigenvalue weighted by Crippen LogP contribution is -1.94. The smallest absolute Gasteiger partial charge is 0.0383 e. The molecular formula is C10H11N. The van der Waals surface area contributed by atoms with Crippen LogP contribution in [0.25, 0.3) is 5.70 Å². The van der Waals surface area contributed by atoms with E-state index in [0.29, 0.717) is 0 Å². The fourth-order valence-electron chi connectivity index (χ4n) is 1.55. The summed E-state index contributed by atoms with van der Waals surface area (Å²) in [5, 5.41) is 0. The molecule has 0 aromatic heterocycles. The van der Waals surface area contributed by atoms with E-state index < -0.39 is 0 Å². The van der Waals surface area contributed by atoms with Gasteiger partial charge in [0, 0.05) is 11.3 Å². The van der Waals surface area contributed by atoms with Crippen LogP contribution in [0, 0.1) is 0 Å². The number of benzene rings is 1. The van der Waals surface area contributed by atoms with Gasteiger partial charge in [0.05, 0.1) is 0 Å². The van der Waals surface area contributed by atoms with Gasteiger partial charge < -0.3 is 5.73 Å². The van der Waals surface area contributed by atoms with Crippen LogP contribution >= 0.6 is 0 Å². The Balaban J connectivity index is 2.60. The number of allylic oxidation sites excluding steroid dienone is 1. The van der Waals surface area contributed by atoms with Gasteiger partial charge in [-0.25, -0.2) is 0 Å². The first-order valence-electron chi connectivity index (χ1n) is 3.82. The van der Waals surface area contributed by atoms with E-state index in [0.717, 1.165) is 12.1 Å². The number of fused-ring (bicyclic) bond motifs is 1. The second kappa shape index (κ2) is 2.12. The Labute approximate surface area is 66.5 Å². The lowest BCUT2D eigenvalue weighted by Gasteiger charge is -1.97. The van der Waals surface area contributed by atoms with Gasteiger partial charge in [0.1, 0.15) is 0 Å². The summed E-state index contributed by atoms with van der Waals surface area (Å²) in [5.41, 5.74) is 10.7. The van der Waals surface area contributed by atoms with Crippen LogP contribution in [0.15, 0.2) is 29.8 Å². The van der Waals surface area contributed by atoms with Crippen molar-refractivity contribution in [1.82, 2.24) is 0 Å². The number of hydrogen-bond donors (Lipinski definition) is 1. The average Bonchev–Trinajstić information content (AvgIpc) is 2.30. The average molecular weight is 145 g/mol. The summed E-state index contributed by atoms with van der Waals surface area (Å²) in [6.07, 6.45) is 1.03. The quantitative estimate of drug-likeness (QED) is 0.593. The molecule has 1 heteroatoms. The van der Waals surface area contributed by atoms with E-state index in [1.807, 2.05) is 6.07 Å². The fourth-order valence-corrected chi connectivity index (χ4v) is 1.55. The molecule has 0 amide bonds. The summed E-state index contributed by atoms with van der Waals surface area (Å²) in [7, 11) is 0. The van der Waals surface area contributed by atoms with Crippen molar-refractivity contribution in [3.63, 3.8) is 0 Å². The van der Waals surface area contributed by atoms with Crippen LogP contribution in [-0.4, -0.2) is 0 Å². The fraction of sp³-hybridized carbons (Fsp3) is 0.200. The first kappa shape index (κ1) is 6.47. The Bertz CT molecular complexity index is 323. The second-order valence-electron chi connectivity index (χ2n) is 3.03. The van der Waals surface area contributed by atoms with E-state index >= 15 is 0 Å². The zero-order chi connectivity index (χ0) is 7.84. The molecule has 0 fully saturated rings. The van der Waals surface area contributed by atoms with Gasteiger partial charge in [0.2, 0.25) is 0 Å². The Kier molecular flexibility index (Phi) is 1.25. The Morgan fingerprint density at radius 1 is 1.27 bits per heavy atom. The first-order chi connectivity index (χ1) is 5.29. The third-order valence-electron chi connectivity index (χ3n) is 2.22. The van der Waals surface area contributed by atoms with Crippen molar-refractivity contribution in [2.45, 2.75) is 13.3 Å². The predicted octanol–water partition coefficient (Wildman–Crippen LogP) is 1.93. The highest BCUT2D eigenvalue weighted by atomic mass is 14.6. The SMILES string of the molecule is CC1=C(N)c2ccccc2C1. The van der Waals surface area contributed by atoms with Crippen LogP contribution < -0.4 is 5.73 Å². The molecule has 56 valence electrons. The third kappa shape index (κ3) is 0.845. The maximum Gasteiger partial charge on any atom is 0.0383 e. The summed E-state index contributed by atoms with van der Waals surface area (Å²) < 4.78 is 0. The zero-order valence-corrected chi connectivity index (χ0v) is 6.59. The van der Waals surface area contributed by atoms with Gasteiger partial charge in [-0.1, -0.05) is 24.3 Å². The van der Waals surface area contributed by atoms with Crippen LogP contribution in [0.4, 0.5) is 0 Å². The minimum Gasteiger partial charge on any atom is -0.398 e. The second-order valence-corrected chi connectivity index (χ2v) is 3.03. The Morgan fingerprint density at radius 2 is 2.00 bits per heavy atom. The third-order valence-corrected chi connectivity index (χ3v) is 2.22. The van der Waals surface area contributed by atoms with Crippen LogP contribution in [0.2, 0.25) is 0 Å². The van der Waals surface area contributed by atoms with E-state index in [2.05, 4.69) is 25.1 Å². The van der Waals surface area contributed by atoms with Crippen molar-refractivity contribution < 1.29 is 0 Å². The molecule has 2 N–H and O–H groups in total. The molecule has 1 aliphatic carbocycles. The summed E-state index contributed by atoms with van der Waals surface area (Å²) in [6.45, 7) is 2.09. The molecule has 0 bridgehead atoms. The van der Waals surface area contributed by atoms with Gasteiger partial charge in [-0.15, -0.1) is 0 Å². The number of nitrogens with two attached hydrogens (primary N) is 1. The minimum atomic E-state index is 0.973. The topological polar surface area (TPSA) is 26.0 Å². The van der Waals surface area contributed by atoms with Gasteiger partial charge in [0.15, 0.2) is 0 Å². The molecule has 11 heavy (non-hydrogen) atoms. The van der Waals surface area contributed by atoms with Crippen molar-refractivity contribution >= 4 is 5.70 Å². The number of rotatable bonds is 0. The predicted molar refractivity (Wildman–Crippen MR) is 46.9 cm³/mol. The van der Waals surface area contributed by atoms with Crippen molar-refractivity contribution in [2.24, 2.45) is 5.73 Å². The summed E-state index contributed by atoms with van der Waals surface area (Å²) >= 11 is 0. The summed E-state index contributed by atoms with van der Waals surface area (Å²) in [6, 6.07) is 8.31. The van der Waals surface area contributed by atoms with E-state index in [4.69, 9.17) is 5.73 Å². The normalized spacial score (nSPS) is 15.4. The lowest BCUT2D eigenvalue weighted by atomic mass is 10.1. The number of hydrogen-bond acceptors (Lipinski definition) is 1. The monoisotopic (exact) mass is 145 g/mol. The molecule has 0 saturated carbocycles. The van der Waals surface area contributed by atoms with Crippen LogP contribution in [0.5, 0.6) is 0 Å². The zero-order valence-electron chi connectivity index (χ0n) is 6.59. The van der Waals surface area contributed by atoms with E-state index in [1.165, 1.54) is 16.7 Å². The molecule has 1 aromatic rings. The van der Waals surface area contributed by atoms with Crippen molar-refractivity contribution in [1.29, 1.82) is 0 Å². The molecule has 0 atom stereocenters. The summed E-state index contributed by atoms with van der Waals surface area (Å²) in [5.74, 6) is 0. The standard InChI is InChI=1S/C10H11N/c1-7-6-8-4-2-3-5-9(8)10(7)11/h2-5H,6,11H2,1H3. The van der Waals surface area contributed by atoms with Gasteiger partial charge in [-0.05, 0) is 24.5 Å². The van der Waals surface area contributed by atoms with Gasteiger partial charge >= 0.3 is 0 Å². The molecule has 0 spiro atoms. The van der Waals surface area contributed by atoms with Gasteiger partial charge in [-0.2, -0.15) is 0 Å². The van der Waals surface area contributed by atoms with Crippen LogP contribution in [-0.2, 0) is 6.42 Å². The molecular weight excluding hydrogens is 134 g/mol. The van der Waals surface area contributed by atoms with E-state index in [9.17, 15) is 0 Å². The Morgan fingerprint density at radius 3 is 2.73 bits per heavy atom. The van der Waals surface area contributed by atoms with Gasteiger partial charge in [0.25, 0.3) is 0 Å². The minimum absolute atomic E-state index is 0.973. The molecule has 0 aliphatic heterocycles. The Hall–Kier alpha value is -1.24. The maximum absolute atomic E-state index is 5.87. The van der Waals surface area contributed by atoms with E-state index in [1.54, 1.807) is 0 Å². The molecule has 0 radical (unpaired) electrons. The molecule has 1 aliphatic rings. The highest BCUT2D eigenvalue weighted by Gasteiger charge is 2.14. The van der Waals surface area contributed by atoms with Crippen molar-refractivity contribution in [2.75, 3.05) is 0 Å². The highest BCUT2D eigenvalue weighted by molar-refractivity contribution is 5.73. The van der Waals surface area contributed by atoms with Crippen molar-refractivity contribution in [3.05, 3.63) is 41.0 Å². The molecule has 0 saturated heterocycles. The molecule has 2 rings (SSSR count). The van der Waals surface area contributed by atoms with Crippen LogP contribution in [0.3, 0.4) is 0 Å². The molecule has 0 heterocycles. The molecule has 1 aromatic carbocycles. The van der Waals surface area contributed by atoms with Gasteiger partial charge in [-0.3, -0.25) is 0 Å². The maximum atomic E-state index is 5.87. The first-order valence-corrected chi connectivity index (χ1v) is 3.82. The largest absolute Gasteiger partial charge is 0.398 e. The summed E-state index contributed by atoms with van der Waals surface area (Å²) in [4.78, 5) is 0. The highest BCUT2D eigenvalue weighted by Crippen LogP contribution is 2.28. The molecule has 0 unspecified atom stereocenters. The molecule has 1 nitrogen and oxygen atoms in total. The van der Waals surface area contributed by atoms with E-state index in [-0.39, 0.29) is 0 Å².